The maximum Gasteiger partial charge on any atom is 0.244 e. The molecule has 1 aliphatic heterocycles. The standard InChI is InChI=1S/C14H22N2O/c1-2-11-15-14(7-8-14)13(17)16(11)12(9-3-4-9)10-5-6-10/h9-12,15H,2-8H2,1H3. The van der Waals surface area contributed by atoms with Crippen LogP contribution in [0.1, 0.15) is 51.9 Å². The SMILES string of the molecule is CCC1NC2(CC2)C(=O)N1C(C1CC1)C1CC1. The zero-order valence-electron chi connectivity index (χ0n) is 10.6. The fraction of sp³-hybridized carbons (Fsp3) is 0.929. The molecule has 1 amide bonds. The van der Waals surface area contributed by atoms with E-state index in [0.29, 0.717) is 18.1 Å². The van der Waals surface area contributed by atoms with Gasteiger partial charge in [-0.1, -0.05) is 6.92 Å². The van der Waals surface area contributed by atoms with Crippen LogP contribution in [0.25, 0.3) is 0 Å². The lowest BCUT2D eigenvalue weighted by molar-refractivity contribution is -0.134. The summed E-state index contributed by atoms with van der Waals surface area (Å²) in [6.45, 7) is 2.20. The van der Waals surface area contributed by atoms with E-state index in [4.69, 9.17) is 0 Å². The number of nitrogens with zero attached hydrogens (tertiary/aromatic N) is 1. The van der Waals surface area contributed by atoms with Crippen molar-refractivity contribution in [2.75, 3.05) is 0 Å². The van der Waals surface area contributed by atoms with E-state index >= 15 is 0 Å². The summed E-state index contributed by atoms with van der Waals surface area (Å²) in [5.41, 5.74) is -0.108. The van der Waals surface area contributed by atoms with E-state index in [1.165, 1.54) is 25.7 Å². The summed E-state index contributed by atoms with van der Waals surface area (Å²) in [6, 6.07) is 0.583. The Morgan fingerprint density at radius 3 is 2.29 bits per heavy atom. The third kappa shape index (κ3) is 1.48. The van der Waals surface area contributed by atoms with Gasteiger partial charge in [0.2, 0.25) is 5.91 Å². The molecule has 0 radical (unpaired) electrons. The highest BCUT2D eigenvalue weighted by Crippen LogP contribution is 2.52. The first-order valence-corrected chi connectivity index (χ1v) is 7.35. The van der Waals surface area contributed by atoms with Gasteiger partial charge in [0, 0.05) is 6.04 Å². The molecule has 4 aliphatic rings. The smallest absolute Gasteiger partial charge is 0.244 e. The average Bonchev–Trinajstić information content (AvgIpc) is 3.17. The van der Waals surface area contributed by atoms with Crippen LogP contribution in [0.3, 0.4) is 0 Å². The molecule has 1 saturated heterocycles. The fourth-order valence-corrected chi connectivity index (χ4v) is 3.68. The van der Waals surface area contributed by atoms with Crippen molar-refractivity contribution >= 4 is 5.91 Å². The molecule has 3 nitrogen and oxygen atoms in total. The molecule has 3 heteroatoms. The average molecular weight is 234 g/mol. The molecule has 0 aromatic carbocycles. The number of amides is 1. The molecule has 17 heavy (non-hydrogen) atoms. The summed E-state index contributed by atoms with van der Waals surface area (Å²) in [7, 11) is 0. The molecule has 94 valence electrons. The Morgan fingerprint density at radius 2 is 1.88 bits per heavy atom. The third-order valence-corrected chi connectivity index (χ3v) is 5.09. The molecule has 3 aliphatic carbocycles. The second-order valence-corrected chi connectivity index (χ2v) is 6.53. The van der Waals surface area contributed by atoms with Crippen molar-refractivity contribution < 1.29 is 4.79 Å². The zero-order valence-corrected chi connectivity index (χ0v) is 10.6. The van der Waals surface area contributed by atoms with Gasteiger partial charge in [0.05, 0.1) is 11.7 Å². The Kier molecular flexibility index (Phi) is 1.98. The number of rotatable bonds is 4. The minimum absolute atomic E-state index is 0.108. The molecule has 3 saturated carbocycles. The Bertz CT molecular complexity index is 343. The van der Waals surface area contributed by atoms with Crippen LogP contribution >= 0.6 is 0 Å². The monoisotopic (exact) mass is 234 g/mol. The van der Waals surface area contributed by atoms with Crippen molar-refractivity contribution in [1.82, 2.24) is 10.2 Å². The van der Waals surface area contributed by atoms with Crippen molar-refractivity contribution in [2.24, 2.45) is 11.8 Å². The Labute approximate surface area is 103 Å². The van der Waals surface area contributed by atoms with E-state index in [1.807, 2.05) is 0 Å². The zero-order chi connectivity index (χ0) is 11.6. The van der Waals surface area contributed by atoms with Gasteiger partial charge in [-0.25, -0.2) is 0 Å². The topological polar surface area (TPSA) is 32.3 Å². The third-order valence-electron chi connectivity index (χ3n) is 5.09. The van der Waals surface area contributed by atoms with Crippen LogP contribution in [-0.4, -0.2) is 28.6 Å². The Balaban J connectivity index is 1.62. The van der Waals surface area contributed by atoms with Crippen molar-refractivity contribution in [3.05, 3.63) is 0 Å². The van der Waals surface area contributed by atoms with E-state index in [9.17, 15) is 4.79 Å². The van der Waals surface area contributed by atoms with Gasteiger partial charge >= 0.3 is 0 Å². The summed E-state index contributed by atoms with van der Waals surface area (Å²) in [5.74, 6) is 2.10. The predicted octanol–water partition coefficient (Wildman–Crippen LogP) is 1.88. The van der Waals surface area contributed by atoms with Crippen LogP contribution in [0, 0.1) is 11.8 Å². The summed E-state index contributed by atoms with van der Waals surface area (Å²) in [5, 5.41) is 3.61. The second-order valence-electron chi connectivity index (χ2n) is 6.53. The highest BCUT2D eigenvalue weighted by molar-refractivity contribution is 5.92. The molecule has 4 fully saturated rings. The van der Waals surface area contributed by atoms with Crippen molar-refractivity contribution in [3.63, 3.8) is 0 Å². The second kappa shape index (κ2) is 3.25. The van der Waals surface area contributed by atoms with Crippen molar-refractivity contribution in [3.8, 4) is 0 Å². The quantitative estimate of drug-likeness (QED) is 0.805. The molecular weight excluding hydrogens is 212 g/mol. The van der Waals surface area contributed by atoms with Gasteiger partial charge in [-0.15, -0.1) is 0 Å². The molecule has 1 heterocycles. The molecule has 4 rings (SSSR count). The van der Waals surface area contributed by atoms with Gasteiger partial charge in [0.15, 0.2) is 0 Å². The first kappa shape index (κ1) is 10.4. The van der Waals surface area contributed by atoms with E-state index in [-0.39, 0.29) is 5.54 Å². The first-order valence-electron chi connectivity index (χ1n) is 7.35. The molecule has 0 bridgehead atoms. The van der Waals surface area contributed by atoms with Crippen LogP contribution in [0.15, 0.2) is 0 Å². The highest BCUT2D eigenvalue weighted by atomic mass is 16.2. The maximum atomic E-state index is 12.6. The minimum atomic E-state index is -0.108. The van der Waals surface area contributed by atoms with Gasteiger partial charge in [-0.3, -0.25) is 10.1 Å². The summed E-state index contributed by atoms with van der Waals surface area (Å²) in [4.78, 5) is 14.9. The number of carbonyl (C=O) groups excluding carboxylic acids is 1. The maximum absolute atomic E-state index is 12.6. The van der Waals surface area contributed by atoms with Crippen molar-refractivity contribution in [1.29, 1.82) is 0 Å². The van der Waals surface area contributed by atoms with Gasteiger partial charge in [-0.05, 0) is 56.8 Å². The summed E-state index contributed by atoms with van der Waals surface area (Å²) in [6.07, 6.45) is 8.95. The lowest BCUT2D eigenvalue weighted by Crippen LogP contribution is -2.46. The molecule has 1 spiro atoms. The van der Waals surface area contributed by atoms with E-state index in [1.54, 1.807) is 0 Å². The first-order chi connectivity index (χ1) is 8.25. The van der Waals surface area contributed by atoms with E-state index in [2.05, 4.69) is 17.1 Å². The Morgan fingerprint density at radius 1 is 1.29 bits per heavy atom. The highest BCUT2D eigenvalue weighted by Gasteiger charge is 2.62. The van der Waals surface area contributed by atoms with Crippen LogP contribution in [-0.2, 0) is 4.79 Å². The number of hydrogen-bond donors (Lipinski definition) is 1. The number of carbonyl (C=O) groups is 1. The van der Waals surface area contributed by atoms with E-state index in [0.717, 1.165) is 31.1 Å². The van der Waals surface area contributed by atoms with Gasteiger partial charge in [-0.2, -0.15) is 0 Å². The van der Waals surface area contributed by atoms with Crippen LogP contribution in [0.4, 0.5) is 0 Å². The van der Waals surface area contributed by atoms with Crippen LogP contribution < -0.4 is 5.32 Å². The molecule has 0 aromatic rings. The van der Waals surface area contributed by atoms with E-state index < -0.39 is 0 Å². The lowest BCUT2D eigenvalue weighted by Gasteiger charge is -2.32. The van der Waals surface area contributed by atoms with Gasteiger partial charge in [0.25, 0.3) is 0 Å². The van der Waals surface area contributed by atoms with Crippen molar-refractivity contribution in [2.45, 2.75) is 69.6 Å². The van der Waals surface area contributed by atoms with Gasteiger partial charge < -0.3 is 4.90 Å². The summed E-state index contributed by atoms with van der Waals surface area (Å²) >= 11 is 0. The molecular formula is C14H22N2O. The molecule has 0 aromatic heterocycles. The van der Waals surface area contributed by atoms with Crippen LogP contribution in [0.2, 0.25) is 0 Å². The molecule has 1 N–H and O–H groups in total. The normalized spacial score (nSPS) is 35.1. The lowest BCUT2D eigenvalue weighted by atomic mass is 10.0. The minimum Gasteiger partial charge on any atom is -0.322 e. The molecule has 1 atom stereocenters. The Hall–Kier alpha value is -0.570. The fourth-order valence-electron chi connectivity index (χ4n) is 3.68. The van der Waals surface area contributed by atoms with Crippen LogP contribution in [0.5, 0.6) is 0 Å². The number of hydrogen-bond acceptors (Lipinski definition) is 2. The summed E-state index contributed by atoms with van der Waals surface area (Å²) < 4.78 is 0. The van der Waals surface area contributed by atoms with Gasteiger partial charge in [0.1, 0.15) is 0 Å². The number of nitrogens with one attached hydrogen (secondary N) is 1. The predicted molar refractivity (Wildman–Crippen MR) is 65.3 cm³/mol. The molecule has 1 unspecified atom stereocenters. The largest absolute Gasteiger partial charge is 0.322 e.